The minimum Gasteiger partial charge on any atom is -0.375 e. The summed E-state index contributed by atoms with van der Waals surface area (Å²) in [6.45, 7) is 2.76. The van der Waals surface area contributed by atoms with Crippen molar-refractivity contribution in [3.8, 4) is 5.69 Å². The number of aromatic nitrogens is 2. The van der Waals surface area contributed by atoms with Gasteiger partial charge in [0.25, 0.3) is 5.56 Å². The lowest BCUT2D eigenvalue weighted by Crippen LogP contribution is -2.43. The first kappa shape index (κ1) is 15.7. The summed E-state index contributed by atoms with van der Waals surface area (Å²) in [5.41, 5.74) is 8.21. The van der Waals surface area contributed by atoms with Gasteiger partial charge < -0.3 is 10.5 Å². The smallest absolute Gasteiger partial charge is 0.335 e. The topological polar surface area (TPSA) is 79.2 Å². The van der Waals surface area contributed by atoms with Crippen LogP contribution >= 0.6 is 0 Å². The Morgan fingerprint density at radius 3 is 2.61 bits per heavy atom. The van der Waals surface area contributed by atoms with Crippen molar-refractivity contribution in [1.29, 1.82) is 0 Å². The Hall–Kier alpha value is -2.18. The minimum atomic E-state index is -0.348. The van der Waals surface area contributed by atoms with Crippen LogP contribution in [-0.4, -0.2) is 21.8 Å². The van der Waals surface area contributed by atoms with Gasteiger partial charge in [-0.25, -0.2) is 9.36 Å². The molecule has 0 bridgehead atoms. The van der Waals surface area contributed by atoms with E-state index in [0.29, 0.717) is 36.6 Å². The highest BCUT2D eigenvalue weighted by atomic mass is 16.5. The molecule has 23 heavy (non-hydrogen) atoms. The van der Waals surface area contributed by atoms with E-state index in [1.807, 2.05) is 19.1 Å². The summed E-state index contributed by atoms with van der Waals surface area (Å²) in [7, 11) is 1.68. The maximum absolute atomic E-state index is 12.7. The van der Waals surface area contributed by atoms with Crippen molar-refractivity contribution in [2.75, 3.05) is 6.61 Å². The highest BCUT2D eigenvalue weighted by Crippen LogP contribution is 2.13. The maximum atomic E-state index is 12.7. The molecule has 0 saturated carbocycles. The van der Waals surface area contributed by atoms with Crippen molar-refractivity contribution in [3.05, 3.63) is 61.9 Å². The van der Waals surface area contributed by atoms with Crippen LogP contribution in [0, 0.1) is 0 Å². The quantitative estimate of drug-likeness (QED) is 0.894. The van der Waals surface area contributed by atoms with E-state index in [0.717, 1.165) is 12.0 Å². The summed E-state index contributed by atoms with van der Waals surface area (Å²) in [4.78, 5) is 25.3. The summed E-state index contributed by atoms with van der Waals surface area (Å²) >= 11 is 0. The Labute approximate surface area is 134 Å². The van der Waals surface area contributed by atoms with Gasteiger partial charge in [0.05, 0.1) is 24.6 Å². The standard InChI is InChI=1S/C17H21N3O3/c1-11(18)9-12-3-5-13(6-4-12)20-16(21)14-7-8-23-10-15(14)19(2)17(20)22/h3-6,11H,7-10,18H2,1-2H3. The van der Waals surface area contributed by atoms with Gasteiger partial charge in [-0.15, -0.1) is 0 Å². The van der Waals surface area contributed by atoms with Gasteiger partial charge in [0.1, 0.15) is 0 Å². The lowest BCUT2D eigenvalue weighted by atomic mass is 10.1. The van der Waals surface area contributed by atoms with Gasteiger partial charge in [-0.1, -0.05) is 12.1 Å². The van der Waals surface area contributed by atoms with Gasteiger partial charge in [0.2, 0.25) is 0 Å². The Balaban J connectivity index is 2.11. The van der Waals surface area contributed by atoms with E-state index in [-0.39, 0.29) is 17.3 Å². The van der Waals surface area contributed by atoms with E-state index in [9.17, 15) is 9.59 Å². The molecule has 2 N–H and O–H groups in total. The number of ether oxygens (including phenoxy) is 1. The van der Waals surface area contributed by atoms with E-state index in [2.05, 4.69) is 0 Å². The lowest BCUT2D eigenvalue weighted by molar-refractivity contribution is 0.103. The Morgan fingerprint density at radius 2 is 1.96 bits per heavy atom. The molecule has 0 fully saturated rings. The molecule has 1 aliphatic rings. The predicted molar refractivity (Wildman–Crippen MR) is 88.0 cm³/mol. The fourth-order valence-electron chi connectivity index (χ4n) is 2.97. The van der Waals surface area contributed by atoms with Gasteiger partial charge in [-0.3, -0.25) is 9.36 Å². The second kappa shape index (κ2) is 6.14. The number of rotatable bonds is 3. The fourth-order valence-corrected chi connectivity index (χ4v) is 2.97. The normalized spacial score (nSPS) is 15.3. The SMILES string of the molecule is CC(N)Cc1ccc(-n2c(=O)c3c(n(C)c2=O)COCC3)cc1. The molecular formula is C17H21N3O3. The van der Waals surface area contributed by atoms with Crippen LogP contribution < -0.4 is 17.0 Å². The average molecular weight is 315 g/mol. The Bertz CT molecular complexity index is 832. The minimum absolute atomic E-state index is 0.0696. The van der Waals surface area contributed by atoms with Crippen LogP contribution in [0.5, 0.6) is 0 Å². The van der Waals surface area contributed by atoms with Gasteiger partial charge in [-0.05, 0) is 31.0 Å². The molecule has 2 aromatic rings. The third-order valence-corrected chi connectivity index (χ3v) is 4.18. The molecule has 1 atom stereocenters. The van der Waals surface area contributed by atoms with Crippen LogP contribution in [0.3, 0.4) is 0 Å². The van der Waals surface area contributed by atoms with E-state index >= 15 is 0 Å². The molecule has 0 spiro atoms. The molecular weight excluding hydrogens is 294 g/mol. The highest BCUT2D eigenvalue weighted by Gasteiger charge is 2.21. The van der Waals surface area contributed by atoms with Gasteiger partial charge in [0, 0.05) is 25.1 Å². The highest BCUT2D eigenvalue weighted by molar-refractivity contribution is 5.36. The van der Waals surface area contributed by atoms with Gasteiger partial charge in [0.15, 0.2) is 0 Å². The van der Waals surface area contributed by atoms with Crippen LogP contribution in [0.2, 0.25) is 0 Å². The fraction of sp³-hybridized carbons (Fsp3) is 0.412. The maximum Gasteiger partial charge on any atom is 0.335 e. The summed E-state index contributed by atoms with van der Waals surface area (Å²) in [5, 5.41) is 0. The molecule has 122 valence electrons. The van der Waals surface area contributed by atoms with Crippen molar-refractivity contribution in [2.24, 2.45) is 12.8 Å². The van der Waals surface area contributed by atoms with Gasteiger partial charge >= 0.3 is 5.69 Å². The number of fused-ring (bicyclic) bond motifs is 1. The van der Waals surface area contributed by atoms with E-state index < -0.39 is 0 Å². The number of nitrogens with zero attached hydrogens (tertiary/aromatic N) is 2. The summed E-state index contributed by atoms with van der Waals surface area (Å²) in [6.07, 6.45) is 1.29. The molecule has 1 unspecified atom stereocenters. The zero-order valence-electron chi connectivity index (χ0n) is 13.4. The molecule has 0 amide bonds. The predicted octanol–water partition coefficient (Wildman–Crippen LogP) is 0.499. The van der Waals surface area contributed by atoms with Crippen molar-refractivity contribution < 1.29 is 4.74 Å². The van der Waals surface area contributed by atoms with Crippen LogP contribution in [0.15, 0.2) is 33.9 Å². The van der Waals surface area contributed by atoms with Crippen molar-refractivity contribution in [2.45, 2.75) is 32.4 Å². The van der Waals surface area contributed by atoms with Gasteiger partial charge in [-0.2, -0.15) is 0 Å². The van der Waals surface area contributed by atoms with E-state index in [4.69, 9.17) is 10.5 Å². The second-order valence-corrected chi connectivity index (χ2v) is 6.06. The van der Waals surface area contributed by atoms with Crippen LogP contribution in [0.1, 0.15) is 23.7 Å². The summed E-state index contributed by atoms with van der Waals surface area (Å²) in [6, 6.07) is 7.49. The molecule has 3 rings (SSSR count). The molecule has 0 radical (unpaired) electrons. The first-order valence-electron chi connectivity index (χ1n) is 7.75. The second-order valence-electron chi connectivity index (χ2n) is 6.06. The monoisotopic (exact) mass is 315 g/mol. The molecule has 6 heteroatoms. The molecule has 0 aliphatic carbocycles. The first-order chi connectivity index (χ1) is 11.0. The number of hydrogen-bond donors (Lipinski definition) is 1. The Morgan fingerprint density at radius 1 is 1.26 bits per heavy atom. The molecule has 1 aliphatic heterocycles. The molecule has 6 nitrogen and oxygen atoms in total. The van der Waals surface area contributed by atoms with E-state index in [1.165, 1.54) is 9.13 Å². The zero-order valence-corrected chi connectivity index (χ0v) is 13.4. The van der Waals surface area contributed by atoms with Crippen LogP contribution in [0.25, 0.3) is 5.69 Å². The lowest BCUT2D eigenvalue weighted by Gasteiger charge is -2.20. The van der Waals surface area contributed by atoms with E-state index in [1.54, 1.807) is 19.2 Å². The first-order valence-corrected chi connectivity index (χ1v) is 7.75. The number of hydrogen-bond acceptors (Lipinski definition) is 4. The summed E-state index contributed by atoms with van der Waals surface area (Å²) < 4.78 is 8.11. The zero-order chi connectivity index (χ0) is 16.6. The molecule has 1 aromatic carbocycles. The van der Waals surface area contributed by atoms with Crippen molar-refractivity contribution in [1.82, 2.24) is 9.13 Å². The van der Waals surface area contributed by atoms with Crippen LogP contribution in [-0.2, 0) is 31.2 Å². The largest absolute Gasteiger partial charge is 0.375 e. The average Bonchev–Trinajstić information content (AvgIpc) is 2.54. The third-order valence-electron chi connectivity index (χ3n) is 4.18. The molecule has 2 heterocycles. The Kier molecular flexibility index (Phi) is 4.19. The van der Waals surface area contributed by atoms with Crippen molar-refractivity contribution in [3.63, 3.8) is 0 Å². The number of nitrogens with two attached hydrogens (primary N) is 1. The summed E-state index contributed by atoms with van der Waals surface area (Å²) in [5.74, 6) is 0. The molecule has 0 saturated heterocycles. The number of benzene rings is 1. The van der Waals surface area contributed by atoms with Crippen molar-refractivity contribution >= 4 is 0 Å². The third kappa shape index (κ3) is 2.87. The molecule has 1 aromatic heterocycles. The van der Waals surface area contributed by atoms with Crippen LogP contribution in [0.4, 0.5) is 0 Å².